The summed E-state index contributed by atoms with van der Waals surface area (Å²) in [5.41, 5.74) is 0.711. The lowest BCUT2D eigenvalue weighted by molar-refractivity contribution is -0.269. The van der Waals surface area contributed by atoms with Gasteiger partial charge in [0.1, 0.15) is 5.15 Å². The molecule has 0 fully saturated rings. The number of fused-ring (bicyclic) bond motifs is 1. The van der Waals surface area contributed by atoms with Crippen LogP contribution in [0.5, 0.6) is 0 Å². The van der Waals surface area contributed by atoms with Gasteiger partial charge >= 0.3 is 6.18 Å². The summed E-state index contributed by atoms with van der Waals surface area (Å²) in [5, 5.41) is 1.20. The Morgan fingerprint density at radius 1 is 0.929 bits per heavy atom. The maximum Gasteiger partial charge on any atom is 0.428 e. The van der Waals surface area contributed by atoms with E-state index in [0.717, 1.165) is 11.5 Å². The fraction of sp³-hybridized carbons (Fsp3) is 0.105. The summed E-state index contributed by atoms with van der Waals surface area (Å²) in [5.74, 6) is 0. The van der Waals surface area contributed by atoms with E-state index in [0.29, 0.717) is 16.2 Å². The second-order valence-corrected chi connectivity index (χ2v) is 7.46. The Hall–Kier alpha value is -1.99. The van der Waals surface area contributed by atoms with Gasteiger partial charge in [-0.2, -0.15) is 13.2 Å². The van der Waals surface area contributed by atoms with Crippen LogP contribution in [0.4, 0.5) is 13.2 Å². The molecule has 0 radical (unpaired) electrons. The first kappa shape index (κ1) is 19.3. The number of alkyl halides is 3. The minimum absolute atomic E-state index is 0.0743. The van der Waals surface area contributed by atoms with Gasteiger partial charge in [-0.3, -0.25) is 10.3 Å². The number of hydroxylamine groups is 1. The third kappa shape index (κ3) is 3.31. The van der Waals surface area contributed by atoms with Gasteiger partial charge in [-0.1, -0.05) is 40.9 Å². The van der Waals surface area contributed by atoms with Gasteiger partial charge in [0.05, 0.1) is 11.2 Å². The number of aromatic nitrogens is 1. The molecule has 0 spiro atoms. The number of nitrogens with one attached hydrogen (secondary N) is 1. The molecule has 2 heterocycles. The Bertz CT molecular complexity index is 1100. The van der Waals surface area contributed by atoms with Crippen LogP contribution in [0.15, 0.2) is 54.6 Å². The second-order valence-electron chi connectivity index (χ2n) is 6.20. The molecule has 4 rings (SSSR count). The van der Waals surface area contributed by atoms with Crippen LogP contribution in [0.1, 0.15) is 11.1 Å². The van der Waals surface area contributed by atoms with Gasteiger partial charge in [0, 0.05) is 26.6 Å². The van der Waals surface area contributed by atoms with Crippen molar-refractivity contribution in [1.82, 2.24) is 10.5 Å². The molecule has 1 atom stereocenters. The van der Waals surface area contributed by atoms with Crippen molar-refractivity contribution >= 4 is 51.4 Å². The number of halogens is 6. The maximum absolute atomic E-state index is 14.0. The van der Waals surface area contributed by atoms with Crippen molar-refractivity contribution < 1.29 is 18.0 Å². The predicted octanol–water partition coefficient (Wildman–Crippen LogP) is 6.53. The first-order chi connectivity index (χ1) is 13.2. The number of hydrogen-bond acceptors (Lipinski definition) is 3. The van der Waals surface area contributed by atoms with Gasteiger partial charge in [0.2, 0.25) is 5.60 Å². The average molecular weight is 446 g/mol. The van der Waals surface area contributed by atoms with Gasteiger partial charge in [-0.15, -0.1) is 0 Å². The van der Waals surface area contributed by atoms with E-state index in [2.05, 4.69) is 10.5 Å². The summed E-state index contributed by atoms with van der Waals surface area (Å²) in [6, 6.07) is 12.0. The van der Waals surface area contributed by atoms with E-state index in [4.69, 9.17) is 39.6 Å². The second kappa shape index (κ2) is 6.81. The highest BCUT2D eigenvalue weighted by Crippen LogP contribution is 2.48. The lowest BCUT2D eigenvalue weighted by atomic mass is 9.91. The molecule has 1 aliphatic heterocycles. The molecular weight excluding hydrogens is 436 g/mol. The lowest BCUT2D eigenvalue weighted by Gasteiger charge is -2.28. The number of benzene rings is 2. The summed E-state index contributed by atoms with van der Waals surface area (Å²) in [6.07, 6.45) is -3.79. The molecule has 0 amide bonds. The summed E-state index contributed by atoms with van der Waals surface area (Å²) in [4.78, 5) is 9.24. The van der Waals surface area contributed by atoms with Crippen molar-refractivity contribution in [2.24, 2.45) is 0 Å². The highest BCUT2D eigenvalue weighted by Gasteiger charge is 2.59. The van der Waals surface area contributed by atoms with E-state index >= 15 is 0 Å². The first-order valence-corrected chi connectivity index (χ1v) is 9.08. The molecule has 144 valence electrons. The van der Waals surface area contributed by atoms with Crippen molar-refractivity contribution in [2.75, 3.05) is 0 Å². The summed E-state index contributed by atoms with van der Waals surface area (Å²) < 4.78 is 42.1. The van der Waals surface area contributed by atoms with Crippen molar-refractivity contribution in [2.45, 2.75) is 11.8 Å². The number of rotatable bonds is 2. The molecule has 0 saturated carbocycles. The smallest absolute Gasteiger partial charge is 0.265 e. The van der Waals surface area contributed by atoms with E-state index in [9.17, 15) is 13.2 Å². The van der Waals surface area contributed by atoms with E-state index in [1.54, 1.807) is 30.3 Å². The van der Waals surface area contributed by atoms with E-state index in [1.165, 1.54) is 18.2 Å². The van der Waals surface area contributed by atoms with Gasteiger partial charge in [-0.25, -0.2) is 4.98 Å². The molecule has 0 saturated heterocycles. The standard InChI is InChI=1S/C19H10Cl3F3N2O/c20-13-6-12(7-14(21)8-13)18(19(23,24)25)9-16(27-28-18)11-1-3-15-10(5-11)2-4-17(22)26-15/h1-9,27H. The molecule has 0 aliphatic carbocycles. The molecule has 0 bridgehead atoms. The monoisotopic (exact) mass is 444 g/mol. The predicted molar refractivity (Wildman–Crippen MR) is 103 cm³/mol. The molecule has 1 aliphatic rings. The number of pyridine rings is 1. The number of hydrogen-bond donors (Lipinski definition) is 1. The minimum atomic E-state index is -4.76. The van der Waals surface area contributed by atoms with Crippen LogP contribution in [0.3, 0.4) is 0 Å². The minimum Gasteiger partial charge on any atom is -0.265 e. The SMILES string of the molecule is FC(F)(F)C1(c2cc(Cl)cc(Cl)c2)C=C(c2ccc3nc(Cl)ccc3c2)NO1. The Morgan fingerprint density at radius 3 is 2.32 bits per heavy atom. The molecule has 1 aromatic heterocycles. The van der Waals surface area contributed by atoms with Crippen LogP contribution in [-0.4, -0.2) is 11.2 Å². The fourth-order valence-corrected chi connectivity index (χ4v) is 3.70. The van der Waals surface area contributed by atoms with Gasteiger partial charge in [-0.05, 0) is 48.5 Å². The topological polar surface area (TPSA) is 34.2 Å². The Kier molecular flexibility index (Phi) is 4.70. The van der Waals surface area contributed by atoms with E-state index in [-0.39, 0.29) is 21.3 Å². The molecule has 2 aromatic carbocycles. The Labute approximate surface area is 172 Å². The highest BCUT2D eigenvalue weighted by molar-refractivity contribution is 6.34. The lowest BCUT2D eigenvalue weighted by Crippen LogP contribution is -2.42. The zero-order valence-electron chi connectivity index (χ0n) is 13.8. The summed E-state index contributed by atoms with van der Waals surface area (Å²) >= 11 is 17.7. The Morgan fingerprint density at radius 2 is 1.64 bits per heavy atom. The molecule has 3 nitrogen and oxygen atoms in total. The largest absolute Gasteiger partial charge is 0.428 e. The highest BCUT2D eigenvalue weighted by atomic mass is 35.5. The van der Waals surface area contributed by atoms with E-state index < -0.39 is 11.8 Å². The van der Waals surface area contributed by atoms with Crippen LogP contribution in [0.2, 0.25) is 15.2 Å². The van der Waals surface area contributed by atoms with Crippen LogP contribution >= 0.6 is 34.8 Å². The van der Waals surface area contributed by atoms with Crippen molar-refractivity contribution in [3.05, 3.63) is 80.9 Å². The normalized spacial score (nSPS) is 19.6. The van der Waals surface area contributed by atoms with Gasteiger partial charge in [0.25, 0.3) is 0 Å². The molecular formula is C19H10Cl3F3N2O. The molecule has 9 heteroatoms. The zero-order valence-corrected chi connectivity index (χ0v) is 16.1. The first-order valence-electron chi connectivity index (χ1n) is 7.95. The van der Waals surface area contributed by atoms with Gasteiger partial charge in [0.15, 0.2) is 0 Å². The van der Waals surface area contributed by atoms with E-state index in [1.807, 2.05) is 0 Å². The quantitative estimate of drug-likeness (QED) is 0.456. The zero-order chi connectivity index (χ0) is 20.1. The summed E-state index contributed by atoms with van der Waals surface area (Å²) in [6.45, 7) is 0. The maximum atomic E-state index is 14.0. The number of nitrogens with zero attached hydrogens (tertiary/aromatic N) is 1. The van der Waals surface area contributed by atoms with Crippen molar-refractivity contribution in [3.8, 4) is 0 Å². The van der Waals surface area contributed by atoms with Crippen LogP contribution in [-0.2, 0) is 10.4 Å². The molecule has 3 aromatic rings. The molecule has 1 N–H and O–H groups in total. The van der Waals surface area contributed by atoms with Gasteiger partial charge < -0.3 is 0 Å². The summed E-state index contributed by atoms with van der Waals surface area (Å²) in [7, 11) is 0. The van der Waals surface area contributed by atoms with Crippen LogP contribution in [0, 0.1) is 0 Å². The molecule has 1 unspecified atom stereocenters. The average Bonchev–Trinajstić information content (AvgIpc) is 3.07. The Balaban J connectivity index is 1.84. The molecule has 28 heavy (non-hydrogen) atoms. The van der Waals surface area contributed by atoms with Crippen LogP contribution < -0.4 is 5.48 Å². The van der Waals surface area contributed by atoms with Crippen molar-refractivity contribution in [1.29, 1.82) is 0 Å². The van der Waals surface area contributed by atoms with Crippen molar-refractivity contribution in [3.63, 3.8) is 0 Å². The fourth-order valence-electron chi connectivity index (χ4n) is 3.02. The third-order valence-corrected chi connectivity index (χ3v) is 5.00. The third-order valence-electron chi connectivity index (χ3n) is 4.35. The van der Waals surface area contributed by atoms with Crippen LogP contribution in [0.25, 0.3) is 16.6 Å².